The van der Waals surface area contributed by atoms with Crippen LogP contribution in [0.3, 0.4) is 0 Å². The van der Waals surface area contributed by atoms with Gasteiger partial charge in [0.1, 0.15) is 0 Å². The Kier molecular flexibility index (Phi) is 4.14. The fourth-order valence-electron chi connectivity index (χ4n) is 2.14. The van der Waals surface area contributed by atoms with E-state index in [1.165, 1.54) is 0 Å². The van der Waals surface area contributed by atoms with Crippen molar-refractivity contribution < 1.29 is 4.79 Å². The van der Waals surface area contributed by atoms with Crippen LogP contribution in [0.2, 0.25) is 0 Å². The monoisotopic (exact) mass is 212 g/mol. The molecule has 0 unspecified atom stereocenters. The summed E-state index contributed by atoms with van der Waals surface area (Å²) < 4.78 is 0. The highest BCUT2D eigenvalue weighted by Gasteiger charge is 2.29. The van der Waals surface area contributed by atoms with Crippen LogP contribution in [0.15, 0.2) is 0 Å². The zero-order valence-electron chi connectivity index (χ0n) is 10.7. The molecular weight excluding hydrogens is 188 g/mol. The minimum atomic E-state index is 0.114. The second-order valence-electron chi connectivity index (χ2n) is 5.14. The van der Waals surface area contributed by atoms with Crippen LogP contribution in [0, 0.1) is 5.92 Å². The van der Waals surface area contributed by atoms with Gasteiger partial charge in [-0.25, -0.2) is 0 Å². The minimum absolute atomic E-state index is 0.114. The molecule has 1 aliphatic heterocycles. The fourth-order valence-corrected chi connectivity index (χ4v) is 2.14. The van der Waals surface area contributed by atoms with Crippen molar-refractivity contribution in [2.75, 3.05) is 20.1 Å². The smallest absolute Gasteiger partial charge is 0.225 e. The lowest BCUT2D eigenvalue weighted by atomic mass is 10.1. The zero-order chi connectivity index (χ0) is 11.6. The van der Waals surface area contributed by atoms with Gasteiger partial charge in [0.2, 0.25) is 5.91 Å². The van der Waals surface area contributed by atoms with E-state index in [1.807, 2.05) is 25.8 Å². The second kappa shape index (κ2) is 4.97. The summed E-state index contributed by atoms with van der Waals surface area (Å²) in [5.41, 5.74) is 0. The van der Waals surface area contributed by atoms with Crippen molar-refractivity contribution in [1.29, 1.82) is 0 Å². The highest BCUT2D eigenvalue weighted by molar-refractivity contribution is 5.78. The maximum absolute atomic E-state index is 11.8. The molecule has 88 valence electrons. The van der Waals surface area contributed by atoms with Crippen molar-refractivity contribution >= 4 is 5.91 Å². The van der Waals surface area contributed by atoms with E-state index >= 15 is 0 Å². The molecule has 1 amide bonds. The van der Waals surface area contributed by atoms with Gasteiger partial charge >= 0.3 is 0 Å². The van der Waals surface area contributed by atoms with Crippen molar-refractivity contribution in [2.45, 2.75) is 46.2 Å². The standard InChI is InChI=1S/C12H24N2O/c1-9(2)12(15)13(5)11-6-7-14(8-11)10(3)4/h9-11H,6-8H2,1-5H3/t11-/m1/s1. The van der Waals surface area contributed by atoms with E-state index in [4.69, 9.17) is 0 Å². The maximum Gasteiger partial charge on any atom is 0.225 e. The third kappa shape index (κ3) is 2.94. The first kappa shape index (κ1) is 12.5. The molecule has 1 saturated heterocycles. The predicted molar refractivity (Wildman–Crippen MR) is 62.7 cm³/mol. The van der Waals surface area contributed by atoms with Crippen LogP contribution in [0.4, 0.5) is 0 Å². The summed E-state index contributed by atoms with van der Waals surface area (Å²) in [6, 6.07) is 1.01. The van der Waals surface area contributed by atoms with Crippen LogP contribution in [-0.4, -0.2) is 47.9 Å². The average Bonchev–Trinajstić information content (AvgIpc) is 2.64. The van der Waals surface area contributed by atoms with Crippen molar-refractivity contribution in [3.63, 3.8) is 0 Å². The van der Waals surface area contributed by atoms with Crippen LogP contribution in [0.5, 0.6) is 0 Å². The number of hydrogen-bond acceptors (Lipinski definition) is 2. The molecule has 15 heavy (non-hydrogen) atoms. The number of amides is 1. The highest BCUT2D eigenvalue weighted by atomic mass is 16.2. The number of carbonyl (C=O) groups excluding carboxylic acids is 1. The van der Waals surface area contributed by atoms with Gasteiger partial charge in [-0.3, -0.25) is 9.69 Å². The van der Waals surface area contributed by atoms with Crippen LogP contribution >= 0.6 is 0 Å². The second-order valence-corrected chi connectivity index (χ2v) is 5.14. The molecule has 0 radical (unpaired) electrons. The number of likely N-dealkylation sites (N-methyl/N-ethyl adjacent to an activating group) is 1. The van der Waals surface area contributed by atoms with Crippen molar-refractivity contribution in [3.8, 4) is 0 Å². The summed E-state index contributed by atoms with van der Waals surface area (Å²) in [5.74, 6) is 0.383. The van der Waals surface area contributed by atoms with Crippen molar-refractivity contribution in [3.05, 3.63) is 0 Å². The van der Waals surface area contributed by atoms with E-state index in [-0.39, 0.29) is 11.8 Å². The Morgan fingerprint density at radius 1 is 1.33 bits per heavy atom. The van der Waals surface area contributed by atoms with Gasteiger partial charge in [0.15, 0.2) is 0 Å². The maximum atomic E-state index is 11.8. The lowest BCUT2D eigenvalue weighted by molar-refractivity contribution is -0.135. The van der Waals surface area contributed by atoms with E-state index in [9.17, 15) is 4.79 Å². The normalized spacial score (nSPS) is 22.7. The minimum Gasteiger partial charge on any atom is -0.341 e. The highest BCUT2D eigenvalue weighted by Crippen LogP contribution is 2.18. The molecule has 0 saturated carbocycles. The Balaban J connectivity index is 2.50. The molecule has 1 rings (SSSR count). The molecule has 0 aromatic rings. The van der Waals surface area contributed by atoms with Gasteiger partial charge in [0.05, 0.1) is 0 Å². The molecular formula is C12H24N2O. The van der Waals surface area contributed by atoms with Gasteiger partial charge in [0.25, 0.3) is 0 Å². The molecule has 1 atom stereocenters. The Hall–Kier alpha value is -0.570. The lowest BCUT2D eigenvalue weighted by Crippen LogP contribution is -2.41. The first-order chi connectivity index (χ1) is 6.93. The van der Waals surface area contributed by atoms with Crippen LogP contribution < -0.4 is 0 Å². The number of rotatable bonds is 3. The van der Waals surface area contributed by atoms with E-state index in [0.29, 0.717) is 12.1 Å². The molecule has 0 N–H and O–H groups in total. The van der Waals surface area contributed by atoms with Crippen LogP contribution in [-0.2, 0) is 4.79 Å². The zero-order valence-corrected chi connectivity index (χ0v) is 10.7. The molecule has 3 heteroatoms. The SMILES string of the molecule is CC(C)C(=O)N(C)[C@@H]1CCN(C(C)C)C1. The summed E-state index contributed by atoms with van der Waals surface area (Å²) in [4.78, 5) is 16.2. The molecule has 0 spiro atoms. The molecule has 3 nitrogen and oxygen atoms in total. The van der Waals surface area contributed by atoms with Crippen molar-refractivity contribution in [2.24, 2.45) is 5.92 Å². The van der Waals surface area contributed by atoms with Gasteiger partial charge in [-0.15, -0.1) is 0 Å². The Bertz CT molecular complexity index is 226. The van der Waals surface area contributed by atoms with E-state index in [0.717, 1.165) is 19.5 Å². The quantitative estimate of drug-likeness (QED) is 0.709. The Morgan fingerprint density at radius 3 is 2.33 bits per heavy atom. The Morgan fingerprint density at radius 2 is 1.93 bits per heavy atom. The molecule has 0 aromatic carbocycles. The van der Waals surface area contributed by atoms with Gasteiger partial charge in [-0.1, -0.05) is 13.8 Å². The Labute approximate surface area is 93.4 Å². The van der Waals surface area contributed by atoms with Crippen LogP contribution in [0.1, 0.15) is 34.1 Å². The van der Waals surface area contributed by atoms with Gasteiger partial charge < -0.3 is 4.90 Å². The van der Waals surface area contributed by atoms with E-state index < -0.39 is 0 Å². The number of hydrogen-bond donors (Lipinski definition) is 0. The first-order valence-electron chi connectivity index (χ1n) is 5.94. The summed E-state index contributed by atoms with van der Waals surface area (Å²) in [6.07, 6.45) is 1.12. The molecule has 0 bridgehead atoms. The summed E-state index contributed by atoms with van der Waals surface area (Å²) in [7, 11) is 1.94. The first-order valence-corrected chi connectivity index (χ1v) is 5.94. The number of likely N-dealkylation sites (tertiary alicyclic amines) is 1. The fraction of sp³-hybridized carbons (Fsp3) is 0.917. The summed E-state index contributed by atoms with van der Waals surface area (Å²) in [5, 5.41) is 0. The summed E-state index contributed by atoms with van der Waals surface area (Å²) in [6.45, 7) is 10.5. The molecule has 1 fully saturated rings. The van der Waals surface area contributed by atoms with Gasteiger partial charge in [-0.05, 0) is 20.3 Å². The van der Waals surface area contributed by atoms with E-state index in [2.05, 4.69) is 18.7 Å². The largest absolute Gasteiger partial charge is 0.341 e. The predicted octanol–water partition coefficient (Wildman–Crippen LogP) is 1.58. The van der Waals surface area contributed by atoms with Crippen molar-refractivity contribution in [1.82, 2.24) is 9.80 Å². The molecule has 0 aromatic heterocycles. The third-order valence-electron chi connectivity index (χ3n) is 3.31. The lowest BCUT2D eigenvalue weighted by Gasteiger charge is -2.27. The molecule has 1 aliphatic rings. The topological polar surface area (TPSA) is 23.6 Å². The molecule has 1 heterocycles. The van der Waals surface area contributed by atoms with Gasteiger partial charge in [-0.2, -0.15) is 0 Å². The van der Waals surface area contributed by atoms with Crippen LogP contribution in [0.25, 0.3) is 0 Å². The average molecular weight is 212 g/mol. The number of nitrogens with zero attached hydrogens (tertiary/aromatic N) is 2. The third-order valence-corrected chi connectivity index (χ3v) is 3.31. The number of carbonyl (C=O) groups is 1. The summed E-state index contributed by atoms with van der Waals surface area (Å²) >= 11 is 0. The van der Waals surface area contributed by atoms with E-state index in [1.54, 1.807) is 0 Å². The van der Waals surface area contributed by atoms with Gasteiger partial charge in [0, 0.05) is 38.1 Å². The molecule has 0 aliphatic carbocycles.